The van der Waals surface area contributed by atoms with Crippen molar-refractivity contribution in [1.82, 2.24) is 0 Å². The fourth-order valence-corrected chi connectivity index (χ4v) is 1.54. The van der Waals surface area contributed by atoms with E-state index in [2.05, 4.69) is 0 Å². The van der Waals surface area contributed by atoms with Gasteiger partial charge in [0.15, 0.2) is 5.78 Å². The molecular weight excluding hydrogens is 180 g/mol. The van der Waals surface area contributed by atoms with Crippen LogP contribution in [0.2, 0.25) is 0 Å². The van der Waals surface area contributed by atoms with Gasteiger partial charge in [-0.25, -0.2) is 0 Å². The Morgan fingerprint density at radius 2 is 1.71 bits per heavy atom. The molecule has 0 aromatic heterocycles. The largest absolute Gasteiger partial charge is 0.381 e. The lowest BCUT2D eigenvalue weighted by Gasteiger charge is -2.06. The molecule has 1 aromatic carbocycles. The fourth-order valence-electron chi connectivity index (χ4n) is 1.54. The first-order chi connectivity index (χ1) is 6.70. The predicted molar refractivity (Wildman–Crippen MR) is 51.4 cm³/mol. The second-order valence-corrected chi connectivity index (χ2v) is 3.24. The van der Waals surface area contributed by atoms with Gasteiger partial charge in [0.1, 0.15) is 12.2 Å². The van der Waals surface area contributed by atoms with Crippen molar-refractivity contribution in [1.29, 1.82) is 0 Å². The van der Waals surface area contributed by atoms with E-state index in [1.54, 1.807) is 12.1 Å². The molecule has 72 valence electrons. The first kappa shape index (κ1) is 9.12. The number of ketones is 1. The van der Waals surface area contributed by atoms with Crippen LogP contribution in [0.15, 0.2) is 36.4 Å². The summed E-state index contributed by atoms with van der Waals surface area (Å²) in [5, 5.41) is 18.7. The first-order valence-electron chi connectivity index (χ1n) is 4.37. The zero-order valence-corrected chi connectivity index (χ0v) is 7.42. The molecule has 2 rings (SSSR count). The summed E-state index contributed by atoms with van der Waals surface area (Å²) < 4.78 is 0. The van der Waals surface area contributed by atoms with Crippen molar-refractivity contribution in [2.75, 3.05) is 0 Å². The molecule has 0 heterocycles. The van der Waals surface area contributed by atoms with Gasteiger partial charge >= 0.3 is 0 Å². The van der Waals surface area contributed by atoms with E-state index in [1.807, 2.05) is 18.2 Å². The highest BCUT2D eigenvalue weighted by molar-refractivity contribution is 6.04. The Morgan fingerprint density at radius 1 is 1.07 bits per heavy atom. The zero-order chi connectivity index (χ0) is 10.1. The van der Waals surface area contributed by atoms with Crippen molar-refractivity contribution >= 4 is 11.4 Å². The van der Waals surface area contributed by atoms with Crippen LogP contribution in [0.3, 0.4) is 0 Å². The molecule has 0 amide bonds. The molecule has 0 saturated heterocycles. The van der Waals surface area contributed by atoms with Gasteiger partial charge in [-0.2, -0.15) is 0 Å². The second kappa shape index (κ2) is 3.36. The molecule has 0 aliphatic heterocycles. The molecule has 0 bridgehead atoms. The van der Waals surface area contributed by atoms with Gasteiger partial charge in [0.05, 0.1) is 0 Å². The smallest absolute Gasteiger partial charge is 0.198 e. The number of benzene rings is 1. The molecule has 2 unspecified atom stereocenters. The Morgan fingerprint density at radius 3 is 2.21 bits per heavy atom. The van der Waals surface area contributed by atoms with Gasteiger partial charge in [-0.1, -0.05) is 30.3 Å². The molecule has 2 atom stereocenters. The van der Waals surface area contributed by atoms with Crippen LogP contribution in [0.5, 0.6) is 0 Å². The van der Waals surface area contributed by atoms with E-state index in [0.717, 1.165) is 5.56 Å². The van der Waals surface area contributed by atoms with Crippen molar-refractivity contribution in [2.45, 2.75) is 12.2 Å². The van der Waals surface area contributed by atoms with Crippen LogP contribution in [0.25, 0.3) is 5.57 Å². The van der Waals surface area contributed by atoms with Crippen LogP contribution in [0.4, 0.5) is 0 Å². The number of carbonyl (C=O) groups excluding carboxylic acids is 1. The minimum absolute atomic E-state index is 0.489. The number of Topliss-reactive ketones (excluding diaryl/α,β-unsaturated/α-hetero) is 1. The standard InChI is InChI=1S/C11H10O3/c12-9-6-8(10(13)11(9)14)7-4-2-1-3-5-7/h1-6,9-10,12-13H. The maximum atomic E-state index is 11.1. The van der Waals surface area contributed by atoms with Crippen LogP contribution >= 0.6 is 0 Å². The molecule has 0 spiro atoms. The topological polar surface area (TPSA) is 57.5 Å². The summed E-state index contributed by atoms with van der Waals surface area (Å²) in [6.07, 6.45) is -0.963. The van der Waals surface area contributed by atoms with Crippen molar-refractivity contribution in [3.05, 3.63) is 42.0 Å². The third kappa shape index (κ3) is 1.36. The molecule has 2 N–H and O–H groups in total. The van der Waals surface area contributed by atoms with Crippen molar-refractivity contribution in [3.63, 3.8) is 0 Å². The van der Waals surface area contributed by atoms with E-state index in [4.69, 9.17) is 0 Å². The molecule has 0 saturated carbocycles. The average molecular weight is 190 g/mol. The van der Waals surface area contributed by atoms with E-state index < -0.39 is 18.0 Å². The lowest BCUT2D eigenvalue weighted by Crippen LogP contribution is -2.24. The van der Waals surface area contributed by atoms with Crippen LogP contribution in [0, 0.1) is 0 Å². The first-order valence-corrected chi connectivity index (χ1v) is 4.37. The summed E-state index contributed by atoms with van der Waals surface area (Å²) in [5.74, 6) is -0.552. The molecule has 14 heavy (non-hydrogen) atoms. The average Bonchev–Trinajstić information content (AvgIpc) is 2.47. The number of carbonyl (C=O) groups is 1. The van der Waals surface area contributed by atoms with Crippen molar-refractivity contribution in [3.8, 4) is 0 Å². The van der Waals surface area contributed by atoms with Crippen LogP contribution in [-0.2, 0) is 4.79 Å². The Hall–Kier alpha value is -1.45. The summed E-state index contributed by atoms with van der Waals surface area (Å²) in [6.45, 7) is 0. The number of aliphatic hydroxyl groups is 2. The van der Waals surface area contributed by atoms with E-state index in [9.17, 15) is 15.0 Å². The Balaban J connectivity index is 2.38. The third-order valence-corrected chi connectivity index (χ3v) is 2.30. The van der Waals surface area contributed by atoms with Crippen LogP contribution < -0.4 is 0 Å². The van der Waals surface area contributed by atoms with Gasteiger partial charge in [0.25, 0.3) is 0 Å². The minimum atomic E-state index is -1.19. The zero-order valence-electron chi connectivity index (χ0n) is 7.42. The normalized spacial score (nSPS) is 26.4. The van der Waals surface area contributed by atoms with Gasteiger partial charge in [0.2, 0.25) is 0 Å². The maximum Gasteiger partial charge on any atom is 0.198 e. The van der Waals surface area contributed by atoms with Gasteiger partial charge in [-0.3, -0.25) is 4.79 Å². The number of rotatable bonds is 1. The van der Waals surface area contributed by atoms with E-state index in [1.165, 1.54) is 6.08 Å². The van der Waals surface area contributed by atoms with E-state index >= 15 is 0 Å². The highest BCUT2D eigenvalue weighted by atomic mass is 16.3. The van der Waals surface area contributed by atoms with Crippen molar-refractivity contribution < 1.29 is 15.0 Å². The lowest BCUT2D eigenvalue weighted by atomic mass is 10.0. The Bertz CT molecular complexity index is 381. The van der Waals surface area contributed by atoms with Crippen LogP contribution in [0.1, 0.15) is 5.56 Å². The SMILES string of the molecule is O=C1C(O)C=C(c2ccccc2)C1O. The van der Waals surface area contributed by atoms with Gasteiger partial charge < -0.3 is 10.2 Å². The summed E-state index contributed by atoms with van der Waals surface area (Å²) in [5.41, 5.74) is 1.26. The van der Waals surface area contributed by atoms with Crippen molar-refractivity contribution in [2.24, 2.45) is 0 Å². The monoisotopic (exact) mass is 190 g/mol. The summed E-state index contributed by atoms with van der Waals surface area (Å²) >= 11 is 0. The van der Waals surface area contributed by atoms with Crippen LogP contribution in [-0.4, -0.2) is 28.2 Å². The molecule has 1 aliphatic rings. The van der Waals surface area contributed by atoms with E-state index in [-0.39, 0.29) is 0 Å². The number of aliphatic hydroxyl groups excluding tert-OH is 2. The third-order valence-electron chi connectivity index (χ3n) is 2.30. The molecule has 3 nitrogen and oxygen atoms in total. The molecule has 1 aromatic rings. The molecule has 0 radical (unpaired) electrons. The molecule has 3 heteroatoms. The maximum absolute atomic E-state index is 11.1. The highest BCUT2D eigenvalue weighted by Gasteiger charge is 2.32. The Labute approximate surface area is 81.3 Å². The van der Waals surface area contributed by atoms with Gasteiger partial charge in [-0.05, 0) is 17.2 Å². The van der Waals surface area contributed by atoms with Gasteiger partial charge in [-0.15, -0.1) is 0 Å². The molecular formula is C11H10O3. The second-order valence-electron chi connectivity index (χ2n) is 3.24. The van der Waals surface area contributed by atoms with Gasteiger partial charge in [0, 0.05) is 0 Å². The molecule has 0 fully saturated rings. The lowest BCUT2D eigenvalue weighted by molar-refractivity contribution is -0.129. The quantitative estimate of drug-likeness (QED) is 0.672. The van der Waals surface area contributed by atoms with E-state index in [0.29, 0.717) is 5.57 Å². The predicted octanol–water partition coefficient (Wildman–Crippen LogP) is 0.374. The highest BCUT2D eigenvalue weighted by Crippen LogP contribution is 2.25. The summed E-state index contributed by atoms with van der Waals surface area (Å²) in [6, 6.07) is 9.07. The minimum Gasteiger partial charge on any atom is -0.381 e. The number of hydrogen-bond acceptors (Lipinski definition) is 3. The summed E-state index contributed by atoms with van der Waals surface area (Å²) in [4.78, 5) is 11.1. The molecule has 1 aliphatic carbocycles. The Kier molecular flexibility index (Phi) is 2.19. The summed E-state index contributed by atoms with van der Waals surface area (Å²) in [7, 11) is 0. The fraction of sp³-hybridized carbons (Fsp3) is 0.182. The number of hydrogen-bond donors (Lipinski definition) is 2.